The van der Waals surface area contributed by atoms with Crippen molar-refractivity contribution < 1.29 is 15.3 Å². The Bertz CT molecular complexity index is 607. The number of aliphatic hydroxyl groups is 3. The SMILES string of the molecule is CC[C@H](Cc1cnc(C[C@H](O)[C@H](O)CO)cn1)NCc1ccccc1. The normalized spacial score (nSPS) is 14.9. The third kappa shape index (κ3) is 6.51. The fraction of sp³-hybridized carbons (Fsp3) is 0.474. The van der Waals surface area contributed by atoms with Crippen molar-refractivity contribution in [3.63, 3.8) is 0 Å². The van der Waals surface area contributed by atoms with Gasteiger partial charge < -0.3 is 20.6 Å². The van der Waals surface area contributed by atoms with Gasteiger partial charge in [-0.25, -0.2) is 0 Å². The maximum Gasteiger partial charge on any atom is 0.103 e. The van der Waals surface area contributed by atoms with Gasteiger partial charge in [-0.3, -0.25) is 9.97 Å². The molecular weight excluding hydrogens is 318 g/mol. The van der Waals surface area contributed by atoms with Crippen LogP contribution in [-0.4, -0.2) is 50.1 Å². The fourth-order valence-corrected chi connectivity index (χ4v) is 2.54. The van der Waals surface area contributed by atoms with Gasteiger partial charge in [0, 0.05) is 37.8 Å². The predicted molar refractivity (Wildman–Crippen MR) is 95.9 cm³/mol. The van der Waals surface area contributed by atoms with Gasteiger partial charge in [-0.2, -0.15) is 0 Å². The molecule has 0 radical (unpaired) electrons. The summed E-state index contributed by atoms with van der Waals surface area (Å²) in [5, 5.41) is 31.5. The van der Waals surface area contributed by atoms with Gasteiger partial charge in [0.15, 0.2) is 0 Å². The molecule has 0 unspecified atom stereocenters. The molecule has 2 aromatic rings. The van der Waals surface area contributed by atoms with Crippen LogP contribution >= 0.6 is 0 Å². The summed E-state index contributed by atoms with van der Waals surface area (Å²) in [5.74, 6) is 0. The number of hydrogen-bond donors (Lipinski definition) is 4. The van der Waals surface area contributed by atoms with Crippen molar-refractivity contribution >= 4 is 0 Å². The largest absolute Gasteiger partial charge is 0.394 e. The van der Waals surface area contributed by atoms with Crippen LogP contribution in [0.4, 0.5) is 0 Å². The van der Waals surface area contributed by atoms with Crippen molar-refractivity contribution in [3.05, 3.63) is 59.7 Å². The van der Waals surface area contributed by atoms with E-state index in [0.29, 0.717) is 11.7 Å². The summed E-state index contributed by atoms with van der Waals surface area (Å²) in [6, 6.07) is 10.6. The highest BCUT2D eigenvalue weighted by atomic mass is 16.4. The smallest absolute Gasteiger partial charge is 0.103 e. The first kappa shape index (κ1) is 19.5. The van der Waals surface area contributed by atoms with Gasteiger partial charge in [0.25, 0.3) is 0 Å². The lowest BCUT2D eigenvalue weighted by Crippen LogP contribution is -2.31. The Balaban J connectivity index is 1.86. The molecule has 1 heterocycles. The number of rotatable bonds is 10. The summed E-state index contributed by atoms with van der Waals surface area (Å²) in [4.78, 5) is 8.70. The second kappa shape index (κ2) is 10.2. The van der Waals surface area contributed by atoms with Gasteiger partial charge in [-0.15, -0.1) is 0 Å². The van der Waals surface area contributed by atoms with Crippen LogP contribution in [0.1, 0.15) is 30.3 Å². The number of nitrogens with one attached hydrogen (secondary N) is 1. The first-order valence-electron chi connectivity index (χ1n) is 8.66. The Morgan fingerprint density at radius 3 is 2.16 bits per heavy atom. The van der Waals surface area contributed by atoms with Crippen molar-refractivity contribution in [2.45, 2.75) is 51.0 Å². The molecule has 0 spiro atoms. The topological polar surface area (TPSA) is 98.5 Å². The molecule has 25 heavy (non-hydrogen) atoms. The fourth-order valence-electron chi connectivity index (χ4n) is 2.54. The molecule has 0 bridgehead atoms. The van der Waals surface area contributed by atoms with Crippen molar-refractivity contribution in [3.8, 4) is 0 Å². The van der Waals surface area contributed by atoms with E-state index in [1.54, 1.807) is 12.4 Å². The lowest BCUT2D eigenvalue weighted by Gasteiger charge is -2.17. The highest BCUT2D eigenvalue weighted by Crippen LogP contribution is 2.07. The minimum Gasteiger partial charge on any atom is -0.394 e. The predicted octanol–water partition coefficient (Wildman–Crippen LogP) is 0.844. The van der Waals surface area contributed by atoms with Crippen LogP contribution < -0.4 is 5.32 Å². The zero-order chi connectivity index (χ0) is 18.1. The van der Waals surface area contributed by atoms with E-state index in [9.17, 15) is 10.2 Å². The van der Waals surface area contributed by atoms with E-state index in [1.807, 2.05) is 18.2 Å². The van der Waals surface area contributed by atoms with E-state index < -0.39 is 18.8 Å². The Morgan fingerprint density at radius 2 is 1.60 bits per heavy atom. The number of aromatic nitrogens is 2. The number of nitrogens with zero attached hydrogens (tertiary/aromatic N) is 2. The molecule has 3 atom stereocenters. The van der Waals surface area contributed by atoms with Crippen LogP contribution in [0.15, 0.2) is 42.7 Å². The Morgan fingerprint density at radius 1 is 0.960 bits per heavy atom. The van der Waals surface area contributed by atoms with Crippen molar-refractivity contribution in [2.24, 2.45) is 0 Å². The molecular formula is C19H27N3O3. The molecule has 6 heteroatoms. The van der Waals surface area contributed by atoms with Gasteiger partial charge in [0.1, 0.15) is 6.10 Å². The summed E-state index contributed by atoms with van der Waals surface area (Å²) in [5.41, 5.74) is 2.72. The maximum atomic E-state index is 9.71. The van der Waals surface area contributed by atoms with Crippen LogP contribution in [0.5, 0.6) is 0 Å². The number of aliphatic hydroxyl groups excluding tert-OH is 3. The van der Waals surface area contributed by atoms with Crippen LogP contribution in [0.3, 0.4) is 0 Å². The minimum absolute atomic E-state index is 0.165. The number of hydrogen-bond acceptors (Lipinski definition) is 6. The molecule has 0 aliphatic carbocycles. The summed E-state index contributed by atoms with van der Waals surface area (Å²) in [6.45, 7) is 2.48. The van der Waals surface area contributed by atoms with Gasteiger partial charge in [0.05, 0.1) is 24.1 Å². The summed E-state index contributed by atoms with van der Waals surface area (Å²) >= 11 is 0. The molecule has 2 rings (SSSR count). The Hall–Kier alpha value is -1.86. The third-order valence-electron chi connectivity index (χ3n) is 4.19. The van der Waals surface area contributed by atoms with Crippen molar-refractivity contribution in [1.82, 2.24) is 15.3 Å². The zero-order valence-corrected chi connectivity index (χ0v) is 14.5. The van der Waals surface area contributed by atoms with E-state index in [2.05, 4.69) is 34.3 Å². The monoisotopic (exact) mass is 345 g/mol. The molecule has 136 valence electrons. The van der Waals surface area contributed by atoms with E-state index in [4.69, 9.17) is 5.11 Å². The molecule has 1 aromatic carbocycles. The Kier molecular flexibility index (Phi) is 7.94. The summed E-state index contributed by atoms with van der Waals surface area (Å²) in [7, 11) is 0. The van der Waals surface area contributed by atoms with E-state index in [0.717, 1.165) is 25.1 Å². The third-order valence-corrected chi connectivity index (χ3v) is 4.19. The summed E-state index contributed by atoms with van der Waals surface area (Å²) < 4.78 is 0. The van der Waals surface area contributed by atoms with Gasteiger partial charge >= 0.3 is 0 Å². The van der Waals surface area contributed by atoms with Gasteiger partial charge in [-0.1, -0.05) is 37.3 Å². The number of benzene rings is 1. The molecule has 0 aliphatic heterocycles. The molecule has 1 aromatic heterocycles. The van der Waals surface area contributed by atoms with E-state index >= 15 is 0 Å². The molecule has 4 N–H and O–H groups in total. The quantitative estimate of drug-likeness (QED) is 0.509. The molecule has 0 fully saturated rings. The molecule has 0 amide bonds. The van der Waals surface area contributed by atoms with E-state index in [1.165, 1.54) is 5.56 Å². The van der Waals surface area contributed by atoms with Gasteiger partial charge in [-0.05, 0) is 12.0 Å². The standard InChI is InChI=1S/C19H27N3O3/c1-2-15(20-10-14-6-4-3-5-7-14)8-16-11-22-17(12-21-16)9-18(24)19(25)13-23/h3-7,11-12,15,18-20,23-25H,2,8-10,13H2,1H3/t15-,18+,19-/m1/s1. The first-order valence-corrected chi connectivity index (χ1v) is 8.66. The van der Waals surface area contributed by atoms with Gasteiger partial charge in [0.2, 0.25) is 0 Å². The first-order chi connectivity index (χ1) is 12.1. The molecule has 0 saturated carbocycles. The lowest BCUT2D eigenvalue weighted by molar-refractivity contribution is -0.0137. The van der Waals surface area contributed by atoms with Crippen molar-refractivity contribution in [1.29, 1.82) is 0 Å². The van der Waals surface area contributed by atoms with Crippen LogP contribution in [0, 0.1) is 0 Å². The molecule has 6 nitrogen and oxygen atoms in total. The van der Waals surface area contributed by atoms with E-state index in [-0.39, 0.29) is 6.42 Å². The average Bonchev–Trinajstić information content (AvgIpc) is 2.66. The minimum atomic E-state index is -1.16. The van der Waals surface area contributed by atoms with Crippen molar-refractivity contribution in [2.75, 3.05) is 6.61 Å². The molecule has 0 aliphatic rings. The Labute approximate surface area is 148 Å². The maximum absolute atomic E-state index is 9.71. The second-order valence-electron chi connectivity index (χ2n) is 6.20. The second-order valence-corrected chi connectivity index (χ2v) is 6.20. The average molecular weight is 345 g/mol. The summed E-state index contributed by atoms with van der Waals surface area (Å²) in [6.07, 6.45) is 3.05. The molecule has 0 saturated heterocycles. The van der Waals surface area contributed by atoms with Crippen LogP contribution in [-0.2, 0) is 19.4 Å². The van der Waals surface area contributed by atoms with Crippen LogP contribution in [0.25, 0.3) is 0 Å². The highest BCUT2D eigenvalue weighted by Gasteiger charge is 2.16. The highest BCUT2D eigenvalue weighted by molar-refractivity contribution is 5.14. The lowest BCUT2D eigenvalue weighted by atomic mass is 10.1. The zero-order valence-electron chi connectivity index (χ0n) is 14.5. The van der Waals surface area contributed by atoms with Crippen LogP contribution in [0.2, 0.25) is 0 Å².